The van der Waals surface area contributed by atoms with Crippen LogP contribution in [0.3, 0.4) is 0 Å². The highest BCUT2D eigenvalue weighted by Crippen LogP contribution is 2.22. The molecular formula is C9H22N4O. The fourth-order valence-corrected chi connectivity index (χ4v) is 2.08. The van der Waals surface area contributed by atoms with E-state index in [4.69, 9.17) is 11.6 Å². The molecule has 0 saturated heterocycles. The van der Waals surface area contributed by atoms with Gasteiger partial charge in [0, 0.05) is 12.6 Å². The van der Waals surface area contributed by atoms with Crippen molar-refractivity contribution in [3.05, 3.63) is 0 Å². The normalized spacial score (nSPS) is 19.5. The average Bonchev–Trinajstić information content (AvgIpc) is 2.19. The average molecular weight is 202 g/mol. The molecule has 0 amide bonds. The van der Waals surface area contributed by atoms with E-state index in [9.17, 15) is 5.21 Å². The number of nitrogens with two attached hydrogens (primary N) is 2. The lowest BCUT2D eigenvalue weighted by atomic mass is 9.95. The molecule has 14 heavy (non-hydrogen) atoms. The van der Waals surface area contributed by atoms with Crippen LogP contribution in [0.1, 0.15) is 38.5 Å². The summed E-state index contributed by atoms with van der Waals surface area (Å²) in [7, 11) is 0. The molecule has 5 heteroatoms. The van der Waals surface area contributed by atoms with Crippen molar-refractivity contribution in [1.82, 2.24) is 10.3 Å². The van der Waals surface area contributed by atoms with Crippen molar-refractivity contribution >= 4 is 0 Å². The predicted octanol–water partition coefficient (Wildman–Crippen LogP) is 0.450. The van der Waals surface area contributed by atoms with E-state index in [1.54, 1.807) is 0 Å². The maximum Gasteiger partial charge on any atom is 0.0282 e. The smallest absolute Gasteiger partial charge is 0.0282 e. The van der Waals surface area contributed by atoms with Crippen molar-refractivity contribution in [3.8, 4) is 0 Å². The number of nitrogens with zero attached hydrogens (tertiary/aromatic N) is 2. The minimum Gasteiger partial charge on any atom is -0.330 e. The summed E-state index contributed by atoms with van der Waals surface area (Å²) in [6, 6.07) is 0.394. The van der Waals surface area contributed by atoms with Crippen molar-refractivity contribution in [2.24, 2.45) is 11.6 Å². The molecule has 1 aliphatic rings. The van der Waals surface area contributed by atoms with Crippen molar-refractivity contribution < 1.29 is 5.21 Å². The van der Waals surface area contributed by atoms with Gasteiger partial charge in [-0.25, -0.2) is 10.9 Å². The summed E-state index contributed by atoms with van der Waals surface area (Å²) < 4.78 is 0. The Labute approximate surface area is 85.5 Å². The van der Waals surface area contributed by atoms with E-state index >= 15 is 0 Å². The highest BCUT2D eigenvalue weighted by atomic mass is 16.6. The summed E-state index contributed by atoms with van der Waals surface area (Å²) in [6.45, 7) is 1.38. The Hall–Kier alpha value is -0.200. The van der Waals surface area contributed by atoms with Gasteiger partial charge in [-0.3, -0.25) is 5.21 Å². The van der Waals surface area contributed by atoms with Gasteiger partial charge in [-0.2, -0.15) is 0 Å². The van der Waals surface area contributed by atoms with E-state index in [0.29, 0.717) is 12.6 Å². The van der Waals surface area contributed by atoms with Gasteiger partial charge in [0.15, 0.2) is 0 Å². The first-order valence-electron chi connectivity index (χ1n) is 5.46. The van der Waals surface area contributed by atoms with E-state index in [2.05, 4.69) is 0 Å². The molecule has 0 unspecified atom stereocenters. The van der Waals surface area contributed by atoms with Gasteiger partial charge in [-0.1, -0.05) is 24.5 Å². The zero-order chi connectivity index (χ0) is 10.4. The second-order valence-corrected chi connectivity index (χ2v) is 3.92. The second kappa shape index (κ2) is 6.31. The Bertz CT molecular complexity index is 148. The lowest BCUT2D eigenvalue weighted by molar-refractivity contribution is -0.268. The van der Waals surface area contributed by atoms with Crippen LogP contribution in [0.2, 0.25) is 0 Å². The minimum atomic E-state index is 0.394. The maximum atomic E-state index is 9.29. The Balaban J connectivity index is 2.39. The van der Waals surface area contributed by atoms with Crippen molar-refractivity contribution in [3.63, 3.8) is 0 Å². The SMILES string of the molecule is NCCCN(C1CCCCC1)N(N)O. The van der Waals surface area contributed by atoms with Crippen molar-refractivity contribution in [2.75, 3.05) is 13.1 Å². The molecule has 0 spiro atoms. The molecule has 1 fully saturated rings. The molecule has 0 heterocycles. The molecule has 0 bridgehead atoms. The van der Waals surface area contributed by atoms with Crippen LogP contribution >= 0.6 is 0 Å². The van der Waals surface area contributed by atoms with E-state index in [1.807, 2.05) is 5.01 Å². The molecule has 0 aliphatic heterocycles. The summed E-state index contributed by atoms with van der Waals surface area (Å²) in [5.74, 6) is 5.38. The van der Waals surface area contributed by atoms with Gasteiger partial charge in [0.05, 0.1) is 0 Å². The number of hydrazine groups is 2. The summed E-state index contributed by atoms with van der Waals surface area (Å²) >= 11 is 0. The molecule has 0 radical (unpaired) electrons. The maximum absolute atomic E-state index is 9.29. The van der Waals surface area contributed by atoms with Crippen LogP contribution in [0.25, 0.3) is 0 Å². The molecular weight excluding hydrogens is 180 g/mol. The predicted molar refractivity (Wildman–Crippen MR) is 55.1 cm³/mol. The van der Waals surface area contributed by atoms with Crippen LogP contribution in [0, 0.1) is 0 Å². The third kappa shape index (κ3) is 3.51. The van der Waals surface area contributed by atoms with Gasteiger partial charge in [0.2, 0.25) is 0 Å². The fraction of sp³-hybridized carbons (Fsp3) is 1.00. The molecule has 1 rings (SSSR count). The van der Waals surface area contributed by atoms with Gasteiger partial charge >= 0.3 is 0 Å². The summed E-state index contributed by atoms with van der Waals surface area (Å²) in [6.07, 6.45) is 6.88. The van der Waals surface area contributed by atoms with Gasteiger partial charge in [-0.05, 0) is 25.8 Å². The Morgan fingerprint density at radius 2 is 1.86 bits per heavy atom. The molecule has 5 N–H and O–H groups in total. The topological polar surface area (TPSA) is 78.8 Å². The van der Waals surface area contributed by atoms with Crippen LogP contribution in [-0.2, 0) is 0 Å². The summed E-state index contributed by atoms with van der Waals surface area (Å²) in [5, 5.41) is 11.9. The lowest BCUT2D eigenvalue weighted by Gasteiger charge is -2.36. The number of rotatable bonds is 5. The molecule has 1 aliphatic carbocycles. The molecule has 0 aromatic rings. The van der Waals surface area contributed by atoms with E-state index in [0.717, 1.165) is 31.1 Å². The molecule has 5 nitrogen and oxygen atoms in total. The van der Waals surface area contributed by atoms with Crippen molar-refractivity contribution in [1.29, 1.82) is 0 Å². The zero-order valence-electron chi connectivity index (χ0n) is 8.73. The van der Waals surface area contributed by atoms with Crippen molar-refractivity contribution in [2.45, 2.75) is 44.6 Å². The van der Waals surface area contributed by atoms with Crippen LogP contribution in [0.15, 0.2) is 0 Å². The third-order valence-electron chi connectivity index (χ3n) is 2.85. The van der Waals surface area contributed by atoms with Gasteiger partial charge in [0.25, 0.3) is 0 Å². The quantitative estimate of drug-likeness (QED) is 0.445. The first-order chi connectivity index (χ1) is 6.75. The summed E-state index contributed by atoms with van der Waals surface area (Å²) in [5.41, 5.74) is 5.44. The van der Waals surface area contributed by atoms with Crippen LogP contribution < -0.4 is 11.6 Å². The second-order valence-electron chi connectivity index (χ2n) is 3.92. The van der Waals surface area contributed by atoms with E-state index in [-0.39, 0.29) is 0 Å². The first kappa shape index (κ1) is 11.9. The molecule has 1 saturated carbocycles. The zero-order valence-corrected chi connectivity index (χ0v) is 8.73. The largest absolute Gasteiger partial charge is 0.330 e. The van der Waals surface area contributed by atoms with E-state index in [1.165, 1.54) is 19.3 Å². The third-order valence-corrected chi connectivity index (χ3v) is 2.85. The van der Waals surface area contributed by atoms with Gasteiger partial charge < -0.3 is 5.73 Å². The first-order valence-corrected chi connectivity index (χ1v) is 5.46. The Kier molecular flexibility index (Phi) is 5.36. The van der Waals surface area contributed by atoms with Gasteiger partial charge in [-0.15, -0.1) is 0 Å². The minimum absolute atomic E-state index is 0.394. The Morgan fingerprint density at radius 3 is 2.36 bits per heavy atom. The van der Waals surface area contributed by atoms with Crippen LogP contribution in [0.5, 0.6) is 0 Å². The van der Waals surface area contributed by atoms with Crippen LogP contribution in [0.4, 0.5) is 0 Å². The van der Waals surface area contributed by atoms with E-state index < -0.39 is 0 Å². The molecule has 0 aromatic heterocycles. The monoisotopic (exact) mass is 202 g/mol. The molecule has 0 aromatic carbocycles. The Morgan fingerprint density at radius 1 is 1.21 bits per heavy atom. The standard InChI is InChI=1S/C9H22N4O/c10-7-4-8-12(13(11)14)9-5-2-1-3-6-9/h9,14H,1-8,10-11H2. The fourth-order valence-electron chi connectivity index (χ4n) is 2.08. The molecule has 84 valence electrons. The highest BCUT2D eigenvalue weighted by Gasteiger charge is 2.23. The lowest BCUT2D eigenvalue weighted by Crippen LogP contribution is -2.52. The highest BCUT2D eigenvalue weighted by molar-refractivity contribution is 4.72. The summed E-state index contributed by atoms with van der Waals surface area (Å²) in [4.78, 5) is 0. The number of hydrogen-bond donors (Lipinski definition) is 3. The molecule has 0 atom stereocenters. The number of hydrogen-bond acceptors (Lipinski definition) is 5. The van der Waals surface area contributed by atoms with Gasteiger partial charge in [0.1, 0.15) is 0 Å². The van der Waals surface area contributed by atoms with Crippen LogP contribution in [-0.4, -0.2) is 34.6 Å².